The monoisotopic (exact) mass is 379 g/mol. The molecule has 1 aromatic rings. The number of benzene rings is 1. The van der Waals surface area contributed by atoms with Crippen molar-refractivity contribution in [1.82, 2.24) is 4.90 Å². The van der Waals surface area contributed by atoms with Crippen LogP contribution in [0.5, 0.6) is 17.2 Å². The molecule has 0 N–H and O–H groups in total. The van der Waals surface area contributed by atoms with Gasteiger partial charge in [0.2, 0.25) is 11.7 Å². The first-order chi connectivity index (χ1) is 12.6. The summed E-state index contributed by atoms with van der Waals surface area (Å²) in [6.07, 6.45) is 5.15. The molecule has 2 saturated heterocycles. The van der Waals surface area contributed by atoms with Gasteiger partial charge in [-0.1, -0.05) is 0 Å². The Hall–Kier alpha value is -1.86. The lowest BCUT2D eigenvalue weighted by Gasteiger charge is -2.37. The fourth-order valence-electron chi connectivity index (χ4n) is 3.32. The zero-order valence-electron chi connectivity index (χ0n) is 15.4. The van der Waals surface area contributed by atoms with Crippen molar-refractivity contribution in [3.63, 3.8) is 0 Å². The van der Waals surface area contributed by atoms with Crippen molar-refractivity contribution < 1.29 is 23.7 Å². The average Bonchev–Trinajstić information content (AvgIpc) is 3.13. The van der Waals surface area contributed by atoms with E-state index in [1.165, 1.54) is 0 Å². The van der Waals surface area contributed by atoms with Gasteiger partial charge < -0.3 is 23.8 Å². The van der Waals surface area contributed by atoms with E-state index in [0.717, 1.165) is 43.9 Å². The number of nitrogens with zero attached hydrogens (tertiary/aromatic N) is 1. The summed E-state index contributed by atoms with van der Waals surface area (Å²) in [5.41, 5.74) is 0.816. The molecule has 2 aliphatic rings. The lowest BCUT2D eigenvalue weighted by molar-refractivity contribution is -0.128. The normalized spacial score (nSPS) is 19.1. The molecule has 142 valence electrons. The van der Waals surface area contributed by atoms with E-state index in [1.807, 2.05) is 28.8 Å². The number of hydrogen-bond acceptors (Lipinski definition) is 6. The highest BCUT2D eigenvalue weighted by molar-refractivity contribution is 8.00. The number of amides is 1. The third-order valence-corrected chi connectivity index (χ3v) is 6.18. The maximum Gasteiger partial charge on any atom is 0.246 e. The van der Waals surface area contributed by atoms with Gasteiger partial charge in [-0.25, -0.2) is 0 Å². The van der Waals surface area contributed by atoms with Crippen molar-refractivity contribution in [2.75, 3.05) is 46.8 Å². The largest absolute Gasteiger partial charge is 0.493 e. The van der Waals surface area contributed by atoms with Gasteiger partial charge in [-0.05, 0) is 23.8 Å². The SMILES string of the molecule is COc1cc(C=CC(=O)N2CCC3(CC2)OCCS3)cc(OC)c1OC. The number of methoxy groups -OCH3 is 3. The molecule has 0 aliphatic carbocycles. The van der Waals surface area contributed by atoms with E-state index in [4.69, 9.17) is 18.9 Å². The molecule has 6 nitrogen and oxygen atoms in total. The summed E-state index contributed by atoms with van der Waals surface area (Å²) in [7, 11) is 4.71. The van der Waals surface area contributed by atoms with Gasteiger partial charge in [0, 0.05) is 37.8 Å². The number of rotatable bonds is 5. The number of piperidine rings is 1. The van der Waals surface area contributed by atoms with Crippen LogP contribution in [0.3, 0.4) is 0 Å². The number of likely N-dealkylation sites (tertiary alicyclic amines) is 1. The van der Waals surface area contributed by atoms with E-state index < -0.39 is 0 Å². The Morgan fingerprint density at radius 2 is 1.81 bits per heavy atom. The molecule has 1 aromatic carbocycles. The second-order valence-corrected chi connectivity index (χ2v) is 7.67. The molecule has 2 heterocycles. The minimum atomic E-state index is -0.0583. The molecular formula is C19H25NO5S. The van der Waals surface area contributed by atoms with Crippen molar-refractivity contribution in [2.24, 2.45) is 0 Å². The standard InChI is InChI=1S/C19H25NO5S/c1-22-15-12-14(13-16(23-2)18(15)24-3)4-5-17(21)20-8-6-19(7-9-20)25-10-11-26-19/h4-5,12-13H,6-11H2,1-3H3. The second-order valence-electron chi connectivity index (χ2n) is 6.22. The molecule has 0 aromatic heterocycles. The van der Waals surface area contributed by atoms with Gasteiger partial charge in [0.25, 0.3) is 0 Å². The third-order valence-electron chi connectivity index (χ3n) is 4.76. The number of thioether (sulfide) groups is 1. The van der Waals surface area contributed by atoms with Gasteiger partial charge in [-0.3, -0.25) is 4.79 Å². The molecule has 0 radical (unpaired) electrons. The molecule has 26 heavy (non-hydrogen) atoms. The summed E-state index contributed by atoms with van der Waals surface area (Å²) in [5, 5.41) is 0. The van der Waals surface area contributed by atoms with Gasteiger partial charge >= 0.3 is 0 Å². The fraction of sp³-hybridized carbons (Fsp3) is 0.526. The maximum absolute atomic E-state index is 12.5. The molecule has 3 rings (SSSR count). The predicted octanol–water partition coefficient (Wildman–Crippen LogP) is 2.81. The van der Waals surface area contributed by atoms with Crippen LogP contribution in [0.1, 0.15) is 18.4 Å². The molecule has 1 spiro atoms. The van der Waals surface area contributed by atoms with Crippen molar-refractivity contribution in [1.29, 1.82) is 0 Å². The summed E-state index contributed by atoms with van der Waals surface area (Å²) in [4.78, 5) is 14.3. The van der Waals surface area contributed by atoms with Crippen LogP contribution in [0.25, 0.3) is 6.08 Å². The highest BCUT2D eigenvalue weighted by Crippen LogP contribution is 2.41. The topological polar surface area (TPSA) is 57.2 Å². The van der Waals surface area contributed by atoms with Gasteiger partial charge in [-0.2, -0.15) is 0 Å². The summed E-state index contributed by atoms with van der Waals surface area (Å²) in [6.45, 7) is 2.27. The first-order valence-electron chi connectivity index (χ1n) is 8.66. The van der Waals surface area contributed by atoms with Gasteiger partial charge in [0.1, 0.15) is 4.93 Å². The Balaban J connectivity index is 1.67. The van der Waals surface area contributed by atoms with Crippen LogP contribution in [0.4, 0.5) is 0 Å². The molecule has 2 fully saturated rings. The van der Waals surface area contributed by atoms with Crippen LogP contribution in [0, 0.1) is 0 Å². The Morgan fingerprint density at radius 3 is 2.31 bits per heavy atom. The molecule has 0 atom stereocenters. The zero-order chi connectivity index (χ0) is 18.6. The number of carbonyl (C=O) groups is 1. The predicted molar refractivity (Wildman–Crippen MR) is 102 cm³/mol. The van der Waals surface area contributed by atoms with Crippen LogP contribution in [-0.2, 0) is 9.53 Å². The van der Waals surface area contributed by atoms with E-state index >= 15 is 0 Å². The van der Waals surface area contributed by atoms with Crippen molar-refractivity contribution in [3.05, 3.63) is 23.8 Å². The van der Waals surface area contributed by atoms with Crippen molar-refractivity contribution >= 4 is 23.7 Å². The molecule has 0 saturated carbocycles. The van der Waals surface area contributed by atoms with Gasteiger partial charge in [0.15, 0.2) is 11.5 Å². The highest BCUT2D eigenvalue weighted by Gasteiger charge is 2.39. The van der Waals surface area contributed by atoms with E-state index in [0.29, 0.717) is 17.2 Å². The van der Waals surface area contributed by atoms with Crippen LogP contribution in [0.15, 0.2) is 18.2 Å². The Morgan fingerprint density at radius 1 is 1.15 bits per heavy atom. The summed E-state index contributed by atoms with van der Waals surface area (Å²) >= 11 is 1.88. The zero-order valence-corrected chi connectivity index (χ0v) is 16.3. The minimum Gasteiger partial charge on any atom is -0.493 e. The first-order valence-corrected chi connectivity index (χ1v) is 9.64. The molecule has 2 aliphatic heterocycles. The van der Waals surface area contributed by atoms with E-state index in [1.54, 1.807) is 33.5 Å². The van der Waals surface area contributed by atoms with E-state index in [9.17, 15) is 4.79 Å². The maximum atomic E-state index is 12.5. The smallest absolute Gasteiger partial charge is 0.246 e. The number of ether oxygens (including phenoxy) is 4. The average molecular weight is 379 g/mol. The van der Waals surface area contributed by atoms with E-state index in [-0.39, 0.29) is 10.8 Å². The van der Waals surface area contributed by atoms with E-state index in [2.05, 4.69) is 0 Å². The molecule has 7 heteroatoms. The van der Waals surface area contributed by atoms with Crippen molar-refractivity contribution in [3.8, 4) is 17.2 Å². The Kier molecular flexibility index (Phi) is 5.98. The van der Waals surface area contributed by atoms with Crippen LogP contribution >= 0.6 is 11.8 Å². The molecular weight excluding hydrogens is 354 g/mol. The fourth-order valence-corrected chi connectivity index (χ4v) is 4.50. The summed E-state index contributed by atoms with van der Waals surface area (Å²) < 4.78 is 21.9. The van der Waals surface area contributed by atoms with Crippen LogP contribution in [-0.4, -0.2) is 62.5 Å². The summed E-state index contributed by atoms with van der Waals surface area (Å²) in [5.74, 6) is 2.73. The van der Waals surface area contributed by atoms with Crippen molar-refractivity contribution in [2.45, 2.75) is 17.8 Å². The highest BCUT2D eigenvalue weighted by atomic mass is 32.2. The molecule has 0 bridgehead atoms. The van der Waals surface area contributed by atoms with Gasteiger partial charge in [-0.15, -0.1) is 11.8 Å². The number of hydrogen-bond donors (Lipinski definition) is 0. The van der Waals surface area contributed by atoms with Crippen LogP contribution < -0.4 is 14.2 Å². The number of carbonyl (C=O) groups excluding carboxylic acids is 1. The lowest BCUT2D eigenvalue weighted by atomic mass is 10.1. The Labute approximate surface area is 158 Å². The quantitative estimate of drug-likeness (QED) is 0.734. The third kappa shape index (κ3) is 3.94. The minimum absolute atomic E-state index is 0.0107. The molecule has 0 unspecified atom stereocenters. The van der Waals surface area contributed by atoms with Gasteiger partial charge in [0.05, 0.1) is 27.9 Å². The Bertz CT molecular complexity index is 650. The lowest BCUT2D eigenvalue weighted by Crippen LogP contribution is -2.44. The first kappa shape index (κ1) is 18.9. The summed E-state index contributed by atoms with van der Waals surface area (Å²) in [6, 6.07) is 3.64. The van der Waals surface area contributed by atoms with Crippen LogP contribution in [0.2, 0.25) is 0 Å². The second kappa shape index (κ2) is 8.22. The molecule has 1 amide bonds.